The molecule has 7 nitrogen and oxygen atoms in total. The first-order chi connectivity index (χ1) is 9.83. The standard InChI is InChI=1S/C12H11BrN6O/c13-8-1-2-9-10(7-8)19-12(15-16-17-19)11(14-9)18-3-5-20-6-4-18/h1-2,7H,3-6H2. The molecule has 0 spiro atoms. The fraction of sp³-hybridized carbons (Fsp3) is 0.333. The number of morpholine rings is 1. The normalized spacial score (nSPS) is 16.1. The first kappa shape index (κ1) is 12.0. The van der Waals surface area contributed by atoms with Crippen LogP contribution in [0, 0.1) is 0 Å². The minimum atomic E-state index is 0.678. The summed E-state index contributed by atoms with van der Waals surface area (Å²) in [6.45, 7) is 3.01. The molecule has 1 fully saturated rings. The number of halogens is 1. The number of benzene rings is 1. The molecule has 0 unspecified atom stereocenters. The van der Waals surface area contributed by atoms with Crippen LogP contribution in [-0.4, -0.2) is 51.3 Å². The third-order valence-electron chi connectivity index (χ3n) is 3.37. The molecule has 4 rings (SSSR count). The largest absolute Gasteiger partial charge is 0.378 e. The summed E-state index contributed by atoms with van der Waals surface area (Å²) in [6, 6.07) is 5.90. The molecular weight excluding hydrogens is 324 g/mol. The van der Waals surface area contributed by atoms with Gasteiger partial charge < -0.3 is 9.64 Å². The van der Waals surface area contributed by atoms with Crippen LogP contribution in [0.5, 0.6) is 0 Å². The number of nitrogens with zero attached hydrogens (tertiary/aromatic N) is 6. The van der Waals surface area contributed by atoms with Crippen LogP contribution < -0.4 is 4.90 Å². The minimum Gasteiger partial charge on any atom is -0.378 e. The van der Waals surface area contributed by atoms with Crippen LogP contribution >= 0.6 is 15.9 Å². The van der Waals surface area contributed by atoms with Gasteiger partial charge in [0.15, 0.2) is 5.82 Å². The molecule has 0 amide bonds. The molecule has 0 saturated carbocycles. The van der Waals surface area contributed by atoms with Crippen molar-refractivity contribution in [1.82, 2.24) is 25.0 Å². The van der Waals surface area contributed by atoms with Crippen LogP contribution in [-0.2, 0) is 4.74 Å². The first-order valence-corrected chi connectivity index (χ1v) is 7.12. The lowest BCUT2D eigenvalue weighted by molar-refractivity contribution is 0.122. The number of fused-ring (bicyclic) bond motifs is 3. The summed E-state index contributed by atoms with van der Waals surface area (Å²) in [4.78, 5) is 6.89. The van der Waals surface area contributed by atoms with E-state index in [1.54, 1.807) is 4.52 Å². The van der Waals surface area contributed by atoms with Crippen LogP contribution in [0.15, 0.2) is 22.7 Å². The van der Waals surface area contributed by atoms with E-state index in [2.05, 4.69) is 36.4 Å². The van der Waals surface area contributed by atoms with Gasteiger partial charge in [-0.2, -0.15) is 4.52 Å². The molecule has 2 aromatic heterocycles. The first-order valence-electron chi connectivity index (χ1n) is 6.33. The number of rotatable bonds is 1. The minimum absolute atomic E-state index is 0.678. The van der Waals surface area contributed by atoms with E-state index in [1.807, 2.05) is 18.2 Å². The van der Waals surface area contributed by atoms with E-state index in [1.165, 1.54) is 0 Å². The van der Waals surface area contributed by atoms with E-state index in [0.717, 1.165) is 34.4 Å². The van der Waals surface area contributed by atoms with Crippen molar-refractivity contribution < 1.29 is 4.74 Å². The zero-order valence-corrected chi connectivity index (χ0v) is 12.1. The highest BCUT2D eigenvalue weighted by molar-refractivity contribution is 9.10. The predicted molar refractivity (Wildman–Crippen MR) is 76.8 cm³/mol. The fourth-order valence-electron chi connectivity index (χ4n) is 2.40. The Morgan fingerprint density at radius 3 is 2.90 bits per heavy atom. The lowest BCUT2D eigenvalue weighted by atomic mass is 10.3. The fourth-order valence-corrected chi connectivity index (χ4v) is 2.75. The molecule has 1 aliphatic rings. The molecule has 1 aliphatic heterocycles. The summed E-state index contributed by atoms with van der Waals surface area (Å²) in [7, 11) is 0. The molecule has 3 heterocycles. The van der Waals surface area contributed by atoms with Crippen LogP contribution in [0.2, 0.25) is 0 Å². The quantitative estimate of drug-likeness (QED) is 0.667. The van der Waals surface area contributed by atoms with Gasteiger partial charge in [0.1, 0.15) is 0 Å². The summed E-state index contributed by atoms with van der Waals surface area (Å²) in [5, 5.41) is 12.0. The van der Waals surface area contributed by atoms with Crippen molar-refractivity contribution in [3.63, 3.8) is 0 Å². The highest BCUT2D eigenvalue weighted by Gasteiger charge is 2.19. The van der Waals surface area contributed by atoms with Gasteiger partial charge in [-0.05, 0) is 28.6 Å². The van der Waals surface area contributed by atoms with Crippen molar-refractivity contribution in [2.24, 2.45) is 0 Å². The second-order valence-corrected chi connectivity index (χ2v) is 5.50. The lowest BCUT2D eigenvalue weighted by Crippen LogP contribution is -2.37. The van der Waals surface area contributed by atoms with Gasteiger partial charge >= 0.3 is 0 Å². The molecule has 0 N–H and O–H groups in total. The Balaban J connectivity index is 1.99. The molecule has 0 aliphatic carbocycles. The van der Waals surface area contributed by atoms with Gasteiger partial charge in [0.2, 0.25) is 5.65 Å². The van der Waals surface area contributed by atoms with Crippen LogP contribution in [0.1, 0.15) is 0 Å². The number of anilines is 1. The van der Waals surface area contributed by atoms with E-state index >= 15 is 0 Å². The van der Waals surface area contributed by atoms with Crippen molar-refractivity contribution in [3.8, 4) is 0 Å². The van der Waals surface area contributed by atoms with Crippen molar-refractivity contribution in [2.45, 2.75) is 0 Å². The molecule has 1 aromatic carbocycles. The predicted octanol–water partition coefficient (Wildman–Crippen LogP) is 1.27. The van der Waals surface area contributed by atoms with Crippen molar-refractivity contribution in [2.75, 3.05) is 31.2 Å². The average molecular weight is 335 g/mol. The summed E-state index contributed by atoms with van der Waals surface area (Å²) in [6.07, 6.45) is 0. The topological polar surface area (TPSA) is 68.4 Å². The molecule has 1 saturated heterocycles. The number of tetrazole rings is 1. The Morgan fingerprint density at radius 2 is 2.05 bits per heavy atom. The number of aromatic nitrogens is 5. The van der Waals surface area contributed by atoms with E-state index < -0.39 is 0 Å². The SMILES string of the molecule is Brc1ccc2nc(N3CCOCC3)c3nnnn3c2c1. The van der Waals surface area contributed by atoms with Gasteiger partial charge in [-0.25, -0.2) is 4.98 Å². The average Bonchev–Trinajstić information content (AvgIpc) is 2.97. The molecule has 0 radical (unpaired) electrons. The summed E-state index contributed by atoms with van der Waals surface area (Å²) >= 11 is 3.46. The number of hydrogen-bond donors (Lipinski definition) is 0. The van der Waals surface area contributed by atoms with Gasteiger partial charge in [0.25, 0.3) is 0 Å². The third kappa shape index (κ3) is 1.83. The molecule has 20 heavy (non-hydrogen) atoms. The van der Waals surface area contributed by atoms with E-state index in [4.69, 9.17) is 9.72 Å². The van der Waals surface area contributed by atoms with Gasteiger partial charge in [0.05, 0.1) is 24.2 Å². The lowest BCUT2D eigenvalue weighted by Gasteiger charge is -2.27. The molecular formula is C12H11BrN6O. The maximum Gasteiger partial charge on any atom is 0.222 e. The van der Waals surface area contributed by atoms with Gasteiger partial charge in [0, 0.05) is 17.6 Å². The highest BCUT2D eigenvalue weighted by Crippen LogP contribution is 2.25. The van der Waals surface area contributed by atoms with E-state index in [9.17, 15) is 0 Å². The van der Waals surface area contributed by atoms with E-state index in [-0.39, 0.29) is 0 Å². The Morgan fingerprint density at radius 1 is 1.20 bits per heavy atom. The highest BCUT2D eigenvalue weighted by atomic mass is 79.9. The Labute approximate surface area is 122 Å². The monoisotopic (exact) mass is 334 g/mol. The number of hydrogen-bond acceptors (Lipinski definition) is 6. The van der Waals surface area contributed by atoms with Crippen LogP contribution in [0.3, 0.4) is 0 Å². The molecule has 3 aromatic rings. The zero-order valence-electron chi connectivity index (χ0n) is 10.5. The van der Waals surface area contributed by atoms with Crippen molar-refractivity contribution >= 4 is 38.4 Å². The van der Waals surface area contributed by atoms with Crippen molar-refractivity contribution in [3.05, 3.63) is 22.7 Å². The summed E-state index contributed by atoms with van der Waals surface area (Å²) < 4.78 is 8.09. The molecule has 8 heteroatoms. The Bertz CT molecular complexity index is 782. The van der Waals surface area contributed by atoms with E-state index in [0.29, 0.717) is 18.9 Å². The number of ether oxygens (including phenoxy) is 1. The molecule has 0 atom stereocenters. The maximum absolute atomic E-state index is 5.38. The third-order valence-corrected chi connectivity index (χ3v) is 3.87. The second kappa shape index (κ2) is 4.64. The summed E-state index contributed by atoms with van der Waals surface area (Å²) in [5.41, 5.74) is 2.43. The van der Waals surface area contributed by atoms with Gasteiger partial charge in [-0.1, -0.05) is 15.9 Å². The van der Waals surface area contributed by atoms with Crippen molar-refractivity contribution in [1.29, 1.82) is 0 Å². The van der Waals surface area contributed by atoms with Gasteiger partial charge in [-0.15, -0.1) is 5.10 Å². The molecule has 0 bridgehead atoms. The van der Waals surface area contributed by atoms with Gasteiger partial charge in [-0.3, -0.25) is 0 Å². The maximum atomic E-state index is 5.38. The second-order valence-electron chi connectivity index (χ2n) is 4.58. The molecule has 102 valence electrons. The summed E-state index contributed by atoms with van der Waals surface area (Å²) in [5.74, 6) is 0.813. The Kier molecular flexibility index (Phi) is 2.78. The Hall–Kier alpha value is -1.80. The smallest absolute Gasteiger partial charge is 0.222 e. The van der Waals surface area contributed by atoms with Crippen LogP contribution in [0.25, 0.3) is 16.7 Å². The van der Waals surface area contributed by atoms with Crippen LogP contribution in [0.4, 0.5) is 5.82 Å². The zero-order chi connectivity index (χ0) is 13.5.